The summed E-state index contributed by atoms with van der Waals surface area (Å²) in [5, 5.41) is 12.0. The number of rotatable bonds is 7. The quantitative estimate of drug-likeness (QED) is 0.381. The molecule has 9 heteroatoms. The van der Waals surface area contributed by atoms with Crippen LogP contribution in [-0.2, 0) is 13.3 Å². The van der Waals surface area contributed by atoms with E-state index >= 15 is 0 Å². The summed E-state index contributed by atoms with van der Waals surface area (Å²) < 4.78 is 22.4. The topological polar surface area (TPSA) is 74.0 Å². The third-order valence-corrected chi connectivity index (χ3v) is 5.86. The van der Waals surface area contributed by atoms with Gasteiger partial charge >= 0.3 is 0 Å². The molecule has 0 unspecified atom stereocenters. The van der Waals surface area contributed by atoms with Crippen LogP contribution in [0.2, 0.25) is 5.02 Å². The second-order valence-corrected chi connectivity index (χ2v) is 8.58. The zero-order valence-electron chi connectivity index (χ0n) is 19.4. The first-order chi connectivity index (χ1) is 16.2. The Morgan fingerprint density at radius 2 is 1.88 bits per heavy atom. The number of amides is 1. The molecule has 0 spiro atoms. The number of nitrogens with one attached hydrogen (secondary N) is 1. The molecule has 0 saturated carbocycles. The molecule has 0 fully saturated rings. The molecule has 2 heterocycles. The van der Waals surface area contributed by atoms with Crippen LogP contribution in [0, 0.1) is 33.5 Å². The maximum absolute atomic E-state index is 13.3. The molecule has 1 N–H and O–H groups in total. The number of hydrogen-bond donors (Lipinski definition) is 1. The Labute approximate surface area is 202 Å². The van der Waals surface area contributed by atoms with Gasteiger partial charge in [-0.05, 0) is 63.1 Å². The van der Waals surface area contributed by atoms with Crippen molar-refractivity contribution in [1.29, 1.82) is 0 Å². The molecule has 0 aliphatic carbocycles. The number of anilines is 1. The van der Waals surface area contributed by atoms with Gasteiger partial charge in [0.2, 0.25) is 0 Å². The van der Waals surface area contributed by atoms with Gasteiger partial charge in [0.1, 0.15) is 11.6 Å². The number of carbonyl (C=O) groups is 1. The summed E-state index contributed by atoms with van der Waals surface area (Å²) in [5.41, 5.74) is 5.20. The highest BCUT2D eigenvalue weighted by Gasteiger charge is 2.18. The molecule has 2 aromatic carbocycles. The van der Waals surface area contributed by atoms with Gasteiger partial charge in [-0.3, -0.25) is 9.48 Å². The predicted octanol–water partition coefficient (Wildman–Crippen LogP) is 5.44. The van der Waals surface area contributed by atoms with Crippen LogP contribution in [0.15, 0.2) is 48.7 Å². The van der Waals surface area contributed by atoms with Gasteiger partial charge in [0.25, 0.3) is 5.91 Å². The second kappa shape index (κ2) is 9.69. The van der Waals surface area contributed by atoms with Crippen LogP contribution in [0.5, 0.6) is 5.75 Å². The smallest absolute Gasteiger partial charge is 0.276 e. The third-order valence-electron chi connectivity index (χ3n) is 5.51. The van der Waals surface area contributed by atoms with Crippen molar-refractivity contribution < 1.29 is 13.9 Å². The van der Waals surface area contributed by atoms with Gasteiger partial charge in [-0.15, -0.1) is 0 Å². The van der Waals surface area contributed by atoms with Crippen molar-refractivity contribution >= 4 is 23.2 Å². The fourth-order valence-corrected chi connectivity index (χ4v) is 3.90. The first-order valence-corrected chi connectivity index (χ1v) is 11.1. The van der Waals surface area contributed by atoms with Gasteiger partial charge in [-0.25, -0.2) is 9.07 Å². The molecule has 4 aromatic rings. The molecule has 176 valence electrons. The maximum Gasteiger partial charge on any atom is 0.276 e. The number of ether oxygens (including phenoxy) is 1. The van der Waals surface area contributed by atoms with Gasteiger partial charge in [-0.1, -0.05) is 35.4 Å². The van der Waals surface area contributed by atoms with Crippen molar-refractivity contribution in [1.82, 2.24) is 19.6 Å². The van der Waals surface area contributed by atoms with E-state index in [9.17, 15) is 9.18 Å². The lowest BCUT2D eigenvalue weighted by Crippen LogP contribution is -2.15. The summed E-state index contributed by atoms with van der Waals surface area (Å²) in [6, 6.07) is 11.8. The number of hydrogen-bond acceptors (Lipinski definition) is 4. The molecule has 0 saturated heterocycles. The zero-order valence-corrected chi connectivity index (χ0v) is 20.2. The number of benzene rings is 2. The largest absolute Gasteiger partial charge is 0.471 e. The monoisotopic (exact) mass is 481 g/mol. The summed E-state index contributed by atoms with van der Waals surface area (Å²) in [5.74, 6) is 0.0248. The van der Waals surface area contributed by atoms with Crippen molar-refractivity contribution in [3.8, 4) is 5.75 Å². The van der Waals surface area contributed by atoms with Crippen LogP contribution >= 0.6 is 11.6 Å². The van der Waals surface area contributed by atoms with Gasteiger partial charge in [0, 0.05) is 11.2 Å². The summed E-state index contributed by atoms with van der Waals surface area (Å²) >= 11 is 6.15. The van der Waals surface area contributed by atoms with E-state index < -0.39 is 5.82 Å². The molecule has 0 aliphatic heterocycles. The summed E-state index contributed by atoms with van der Waals surface area (Å²) in [4.78, 5) is 12.8. The van der Waals surface area contributed by atoms with E-state index in [0.717, 1.165) is 28.1 Å². The molecular weight excluding hydrogens is 457 g/mol. The van der Waals surface area contributed by atoms with Crippen LogP contribution < -0.4 is 10.1 Å². The number of aryl methyl sites for hydroxylation is 3. The van der Waals surface area contributed by atoms with E-state index in [1.54, 1.807) is 27.7 Å². The summed E-state index contributed by atoms with van der Waals surface area (Å²) in [6.07, 6.45) is 1.69. The van der Waals surface area contributed by atoms with Crippen LogP contribution in [0.3, 0.4) is 0 Å². The molecule has 4 rings (SSSR count). The van der Waals surface area contributed by atoms with Crippen molar-refractivity contribution in [3.05, 3.63) is 93.3 Å². The molecule has 34 heavy (non-hydrogen) atoms. The number of nitrogens with zero attached hydrogens (tertiary/aromatic N) is 4. The minimum Gasteiger partial charge on any atom is -0.471 e. The van der Waals surface area contributed by atoms with Gasteiger partial charge < -0.3 is 10.1 Å². The molecule has 0 atom stereocenters. The summed E-state index contributed by atoms with van der Waals surface area (Å²) in [7, 11) is 0. The maximum atomic E-state index is 13.3. The Morgan fingerprint density at radius 3 is 2.62 bits per heavy atom. The SMILES string of the molecule is Cc1ccc(OCn2ccc(C(=O)Nc3c(C)nn(Cc4ccc(F)cc4Cl)c3C)n2)c(C)c1. The lowest BCUT2D eigenvalue weighted by molar-refractivity contribution is 0.102. The van der Waals surface area contributed by atoms with E-state index in [1.807, 2.05) is 45.9 Å². The van der Waals surface area contributed by atoms with Crippen LogP contribution in [0.4, 0.5) is 10.1 Å². The molecule has 0 radical (unpaired) electrons. The van der Waals surface area contributed by atoms with E-state index in [-0.39, 0.29) is 18.3 Å². The van der Waals surface area contributed by atoms with Crippen molar-refractivity contribution in [2.75, 3.05) is 5.32 Å². The number of aromatic nitrogens is 4. The fraction of sp³-hybridized carbons (Fsp3) is 0.240. The molecule has 7 nitrogen and oxygen atoms in total. The van der Waals surface area contributed by atoms with Gasteiger partial charge in [-0.2, -0.15) is 10.2 Å². The highest BCUT2D eigenvalue weighted by molar-refractivity contribution is 6.31. The Bertz CT molecular complexity index is 1360. The van der Waals surface area contributed by atoms with Crippen molar-refractivity contribution in [2.45, 2.75) is 41.0 Å². The average Bonchev–Trinajstić information content (AvgIpc) is 3.35. The fourth-order valence-electron chi connectivity index (χ4n) is 3.67. The Morgan fingerprint density at radius 1 is 1.09 bits per heavy atom. The molecule has 2 aromatic heterocycles. The normalized spacial score (nSPS) is 11.0. The lowest BCUT2D eigenvalue weighted by atomic mass is 10.1. The Kier molecular flexibility index (Phi) is 6.70. The highest BCUT2D eigenvalue weighted by atomic mass is 35.5. The first-order valence-electron chi connectivity index (χ1n) is 10.7. The molecular formula is C25H25ClFN5O2. The first kappa shape index (κ1) is 23.5. The van der Waals surface area contributed by atoms with Gasteiger partial charge in [0.05, 0.1) is 23.6 Å². The number of carbonyl (C=O) groups excluding carboxylic acids is 1. The van der Waals surface area contributed by atoms with E-state index in [4.69, 9.17) is 16.3 Å². The number of halogens is 2. The van der Waals surface area contributed by atoms with Crippen molar-refractivity contribution in [2.24, 2.45) is 0 Å². The Hall–Kier alpha value is -3.65. The van der Waals surface area contributed by atoms with E-state index in [2.05, 4.69) is 15.5 Å². The zero-order chi connectivity index (χ0) is 24.4. The third kappa shape index (κ3) is 5.12. The predicted molar refractivity (Wildman–Crippen MR) is 129 cm³/mol. The van der Waals surface area contributed by atoms with E-state index in [0.29, 0.717) is 22.9 Å². The highest BCUT2D eigenvalue weighted by Crippen LogP contribution is 2.24. The molecule has 1 amide bonds. The summed E-state index contributed by atoms with van der Waals surface area (Å²) in [6.45, 7) is 8.21. The molecule has 0 aliphatic rings. The van der Waals surface area contributed by atoms with Gasteiger partial charge in [0.15, 0.2) is 12.4 Å². The standard InChI is InChI=1S/C25H25ClFN5O2/c1-15-5-8-23(16(2)11-15)34-14-31-10-9-22(30-31)25(33)28-24-17(3)29-32(18(24)4)13-19-6-7-20(27)12-21(19)26/h5-12H,13-14H2,1-4H3,(H,28,33). The molecule has 0 bridgehead atoms. The second-order valence-electron chi connectivity index (χ2n) is 8.18. The average molecular weight is 482 g/mol. The van der Waals surface area contributed by atoms with Crippen LogP contribution in [0.1, 0.15) is 38.6 Å². The van der Waals surface area contributed by atoms with E-state index in [1.165, 1.54) is 12.1 Å². The minimum absolute atomic E-state index is 0.186. The lowest BCUT2D eigenvalue weighted by Gasteiger charge is -2.09. The Balaban J connectivity index is 1.43. The van der Waals surface area contributed by atoms with Crippen molar-refractivity contribution in [3.63, 3.8) is 0 Å². The van der Waals surface area contributed by atoms with Crippen LogP contribution in [-0.4, -0.2) is 25.5 Å². The van der Waals surface area contributed by atoms with Crippen LogP contribution in [0.25, 0.3) is 0 Å². The minimum atomic E-state index is -0.395.